The van der Waals surface area contributed by atoms with E-state index in [-0.39, 0.29) is 17.7 Å². The van der Waals surface area contributed by atoms with Gasteiger partial charge in [0.2, 0.25) is 6.43 Å². The second kappa shape index (κ2) is 11.9. The molecule has 0 unspecified atom stereocenters. The molecule has 3 aromatic rings. The Morgan fingerprint density at radius 2 is 1.95 bits per heavy atom. The first-order valence-electron chi connectivity index (χ1n) is 14.9. The van der Waals surface area contributed by atoms with Crippen molar-refractivity contribution in [3.63, 3.8) is 0 Å². The highest BCUT2D eigenvalue weighted by molar-refractivity contribution is 5.92. The molecule has 2 aliphatic carbocycles. The van der Waals surface area contributed by atoms with Crippen molar-refractivity contribution < 1.29 is 23.4 Å². The summed E-state index contributed by atoms with van der Waals surface area (Å²) in [7, 11) is 0. The van der Waals surface area contributed by atoms with E-state index in [1.807, 2.05) is 18.2 Å². The van der Waals surface area contributed by atoms with Gasteiger partial charge < -0.3 is 19.7 Å². The number of aromatic nitrogens is 2. The van der Waals surface area contributed by atoms with Crippen LogP contribution in [0.25, 0.3) is 11.0 Å². The van der Waals surface area contributed by atoms with Gasteiger partial charge in [0, 0.05) is 62.5 Å². The normalized spacial score (nSPS) is 19.0. The van der Waals surface area contributed by atoms with E-state index in [0.29, 0.717) is 17.6 Å². The van der Waals surface area contributed by atoms with Crippen molar-refractivity contribution in [3.8, 4) is 11.5 Å². The molecule has 3 aliphatic rings. The number of nitrogens with zero attached hydrogens (tertiary/aromatic N) is 3. The van der Waals surface area contributed by atoms with Crippen LogP contribution in [0, 0.1) is 5.41 Å². The molecule has 0 radical (unpaired) electrons. The molecule has 2 fully saturated rings. The zero-order valence-electron chi connectivity index (χ0n) is 23.9. The number of carboxylic acid groups (broad SMARTS) is 1. The summed E-state index contributed by atoms with van der Waals surface area (Å²) in [5, 5.41) is 10.7. The van der Waals surface area contributed by atoms with E-state index in [0.717, 1.165) is 67.9 Å². The van der Waals surface area contributed by atoms with Gasteiger partial charge >= 0.3 is 5.97 Å². The van der Waals surface area contributed by atoms with Crippen LogP contribution in [0.2, 0.25) is 0 Å². The number of nitrogens with one attached hydrogen (secondary N) is 1. The zero-order valence-corrected chi connectivity index (χ0v) is 23.9. The molecule has 1 saturated heterocycles. The average molecular weight is 577 g/mol. The number of halogens is 2. The van der Waals surface area contributed by atoms with Crippen LogP contribution in [0.15, 0.2) is 66.0 Å². The molecule has 0 bridgehead atoms. The van der Waals surface area contributed by atoms with Crippen LogP contribution in [0.3, 0.4) is 0 Å². The Morgan fingerprint density at radius 1 is 1.14 bits per heavy atom. The molecule has 0 amide bonds. The van der Waals surface area contributed by atoms with Crippen LogP contribution in [0.1, 0.15) is 61.7 Å². The van der Waals surface area contributed by atoms with Gasteiger partial charge in [-0.15, -0.1) is 0 Å². The molecule has 2 aromatic heterocycles. The Hall–Kier alpha value is -3.72. The van der Waals surface area contributed by atoms with Crippen LogP contribution < -0.4 is 9.64 Å². The van der Waals surface area contributed by atoms with Gasteiger partial charge in [-0.25, -0.2) is 18.6 Å². The van der Waals surface area contributed by atoms with E-state index in [2.05, 4.69) is 26.3 Å². The molecule has 6 rings (SSSR count). The third-order valence-corrected chi connectivity index (χ3v) is 9.39. The van der Waals surface area contributed by atoms with Crippen molar-refractivity contribution in [2.75, 3.05) is 37.6 Å². The fraction of sp³-hybridized carbons (Fsp3) is 0.455. The number of hydrogen-bond donors (Lipinski definition) is 2. The largest absolute Gasteiger partial charge is 0.478 e. The second-order valence-corrected chi connectivity index (χ2v) is 12.1. The number of H-pyrrole nitrogens is 1. The summed E-state index contributed by atoms with van der Waals surface area (Å²) in [5.74, 6) is -0.294. The zero-order chi connectivity index (χ0) is 29.3. The number of rotatable bonds is 10. The minimum absolute atomic E-state index is 0.0969. The first kappa shape index (κ1) is 28.4. The predicted molar refractivity (Wildman–Crippen MR) is 160 cm³/mol. The summed E-state index contributed by atoms with van der Waals surface area (Å²) in [6.07, 6.45) is 8.31. The number of aromatic amines is 1. The number of carboxylic acids is 1. The van der Waals surface area contributed by atoms with E-state index >= 15 is 0 Å². The molecule has 3 heterocycles. The quantitative estimate of drug-likeness (QED) is 0.261. The molecular weight excluding hydrogens is 538 g/mol. The second-order valence-electron chi connectivity index (χ2n) is 12.1. The third-order valence-electron chi connectivity index (χ3n) is 9.39. The highest BCUT2D eigenvalue weighted by Gasteiger charge is 2.41. The maximum atomic E-state index is 13.0. The fourth-order valence-electron chi connectivity index (χ4n) is 6.75. The summed E-state index contributed by atoms with van der Waals surface area (Å²) in [5.41, 5.74) is 5.68. The van der Waals surface area contributed by atoms with E-state index in [1.165, 1.54) is 36.8 Å². The van der Waals surface area contributed by atoms with Gasteiger partial charge in [0.05, 0.1) is 6.20 Å². The molecule has 1 aliphatic heterocycles. The lowest BCUT2D eigenvalue weighted by Gasteiger charge is -2.47. The van der Waals surface area contributed by atoms with Crippen LogP contribution in [0.5, 0.6) is 11.5 Å². The highest BCUT2D eigenvalue weighted by Crippen LogP contribution is 2.54. The fourth-order valence-corrected chi connectivity index (χ4v) is 6.75. The number of allylic oxidation sites excluding steroid dienone is 2. The molecule has 1 saturated carbocycles. The van der Waals surface area contributed by atoms with Gasteiger partial charge in [-0.05, 0) is 73.8 Å². The topological polar surface area (TPSA) is 81.7 Å². The van der Waals surface area contributed by atoms with Crippen molar-refractivity contribution >= 4 is 22.7 Å². The molecule has 0 atom stereocenters. The number of anilines is 1. The average Bonchev–Trinajstić information content (AvgIpc) is 3.43. The summed E-state index contributed by atoms with van der Waals surface area (Å²) >= 11 is 0. The lowest BCUT2D eigenvalue weighted by atomic mass is 9.59. The minimum atomic E-state index is -2.30. The third kappa shape index (κ3) is 6.07. The van der Waals surface area contributed by atoms with E-state index < -0.39 is 12.4 Å². The Labute approximate surface area is 244 Å². The van der Waals surface area contributed by atoms with Gasteiger partial charge in [0.15, 0.2) is 0 Å². The maximum absolute atomic E-state index is 13.0. The van der Waals surface area contributed by atoms with Crippen LogP contribution in [-0.2, 0) is 0 Å². The summed E-state index contributed by atoms with van der Waals surface area (Å²) in [6.45, 7) is 8.42. The number of ether oxygens (including phenoxy) is 1. The number of fused-ring (bicyclic) bond motifs is 1. The molecule has 1 spiro atoms. The van der Waals surface area contributed by atoms with Gasteiger partial charge in [0.1, 0.15) is 22.7 Å². The number of benzene rings is 1. The number of aromatic carboxylic acids is 1. The molecular formula is C33H38F2N4O3. The molecule has 1 aromatic carbocycles. The summed E-state index contributed by atoms with van der Waals surface area (Å²) < 4.78 is 32.0. The number of piperazine rings is 1. The van der Waals surface area contributed by atoms with Crippen LogP contribution >= 0.6 is 0 Å². The molecule has 42 heavy (non-hydrogen) atoms. The first-order valence-corrected chi connectivity index (χ1v) is 14.9. The number of carbonyl (C=O) groups is 1. The minimum Gasteiger partial charge on any atom is -0.478 e. The highest BCUT2D eigenvalue weighted by atomic mass is 19.3. The Bertz CT molecular complexity index is 1500. The SMILES string of the molecule is C=C(CCC(F)F)C1=C(CN2CCN(c3ccc(C(=O)O)c(Oc4cnc5[nH]ccc5c4)c3)CC2)CCC2(CCC2)C1. The molecule has 222 valence electrons. The number of pyridine rings is 1. The molecule has 7 nitrogen and oxygen atoms in total. The lowest BCUT2D eigenvalue weighted by molar-refractivity contribution is 0.0694. The Morgan fingerprint density at radius 3 is 2.67 bits per heavy atom. The monoisotopic (exact) mass is 576 g/mol. The van der Waals surface area contributed by atoms with Crippen LogP contribution in [-0.4, -0.2) is 65.1 Å². The van der Waals surface area contributed by atoms with Crippen molar-refractivity contribution in [2.24, 2.45) is 5.41 Å². The van der Waals surface area contributed by atoms with Crippen molar-refractivity contribution in [3.05, 3.63) is 71.6 Å². The Balaban J connectivity index is 1.13. The van der Waals surface area contributed by atoms with E-state index in [9.17, 15) is 18.7 Å². The van der Waals surface area contributed by atoms with Gasteiger partial charge in [-0.2, -0.15) is 0 Å². The summed E-state index contributed by atoms with van der Waals surface area (Å²) in [6, 6.07) is 8.96. The van der Waals surface area contributed by atoms with Gasteiger partial charge in [-0.1, -0.05) is 24.1 Å². The van der Waals surface area contributed by atoms with Gasteiger partial charge in [-0.3, -0.25) is 4.90 Å². The summed E-state index contributed by atoms with van der Waals surface area (Å²) in [4.78, 5) is 24.0. The number of alkyl halides is 2. The van der Waals surface area contributed by atoms with E-state index in [1.54, 1.807) is 24.5 Å². The Kier molecular flexibility index (Phi) is 8.03. The van der Waals surface area contributed by atoms with Crippen molar-refractivity contribution in [1.82, 2.24) is 14.9 Å². The predicted octanol–water partition coefficient (Wildman–Crippen LogP) is 7.43. The number of hydrogen-bond acceptors (Lipinski definition) is 5. The maximum Gasteiger partial charge on any atom is 0.339 e. The van der Waals surface area contributed by atoms with E-state index in [4.69, 9.17) is 4.74 Å². The first-order chi connectivity index (χ1) is 20.3. The lowest BCUT2D eigenvalue weighted by Crippen LogP contribution is -2.47. The van der Waals surface area contributed by atoms with Crippen molar-refractivity contribution in [2.45, 2.75) is 57.8 Å². The molecule has 9 heteroatoms. The smallest absolute Gasteiger partial charge is 0.339 e. The standard InChI is InChI=1S/C33H38F2N4O3/c1-22(3-6-30(34)35)28-19-33(9-2-10-33)11-7-24(28)21-38-13-15-39(16-14-38)25-4-5-27(32(40)41)29(18-25)42-26-17-23-8-12-36-31(23)37-20-26/h4-5,8,12,17-18,20,30H,1-3,6-7,9-11,13-16,19,21H2,(H,36,37)(H,40,41). The van der Waals surface area contributed by atoms with Gasteiger partial charge in [0.25, 0.3) is 0 Å². The van der Waals surface area contributed by atoms with Crippen molar-refractivity contribution in [1.29, 1.82) is 0 Å². The molecule has 2 N–H and O–H groups in total. The van der Waals surface area contributed by atoms with Crippen LogP contribution in [0.4, 0.5) is 14.5 Å².